The van der Waals surface area contributed by atoms with E-state index in [2.05, 4.69) is 15.5 Å². The minimum Gasteiger partial charge on any atom is -0.497 e. The summed E-state index contributed by atoms with van der Waals surface area (Å²) in [6, 6.07) is 7.18. The number of nitrogens with zero attached hydrogens (tertiary/aromatic N) is 2. The molecule has 2 atom stereocenters. The minimum atomic E-state index is -0.846. The average Bonchev–Trinajstić information content (AvgIpc) is 3.07. The number of aromatic nitrogens is 2. The third kappa shape index (κ3) is 2.91. The highest BCUT2D eigenvalue weighted by molar-refractivity contribution is 5.85. The number of rotatable bonds is 3. The molecule has 0 amide bonds. The first-order valence-corrected chi connectivity index (χ1v) is 6.12. The Morgan fingerprint density at radius 2 is 2.10 bits per heavy atom. The molecule has 7 heteroatoms. The number of benzene rings is 1. The van der Waals surface area contributed by atoms with Crippen molar-refractivity contribution in [1.82, 2.24) is 15.5 Å². The van der Waals surface area contributed by atoms with Gasteiger partial charge in [0.1, 0.15) is 11.9 Å². The number of hydrogen-bond donors (Lipinski definition) is 1. The second-order valence-corrected chi connectivity index (χ2v) is 4.48. The van der Waals surface area contributed by atoms with Crippen LogP contribution in [0, 0.1) is 0 Å². The number of hydrogen-bond acceptors (Lipinski definition) is 5. The molecule has 0 spiro atoms. The molecule has 1 fully saturated rings. The van der Waals surface area contributed by atoms with Gasteiger partial charge in [-0.05, 0) is 24.3 Å². The first-order chi connectivity index (χ1) is 9.26. The van der Waals surface area contributed by atoms with Crippen LogP contribution in [0.1, 0.15) is 18.4 Å². The van der Waals surface area contributed by atoms with E-state index in [4.69, 9.17) is 9.26 Å². The van der Waals surface area contributed by atoms with E-state index < -0.39 is 6.17 Å². The van der Waals surface area contributed by atoms with Gasteiger partial charge in [0.05, 0.1) is 13.2 Å². The average molecular weight is 300 g/mol. The summed E-state index contributed by atoms with van der Waals surface area (Å²) < 4.78 is 23.4. The summed E-state index contributed by atoms with van der Waals surface area (Å²) >= 11 is 0. The Balaban J connectivity index is 0.00000147. The minimum absolute atomic E-state index is 0. The van der Waals surface area contributed by atoms with Crippen molar-refractivity contribution in [1.29, 1.82) is 0 Å². The van der Waals surface area contributed by atoms with Gasteiger partial charge in [0.25, 0.3) is 0 Å². The lowest BCUT2D eigenvalue weighted by Crippen LogP contribution is -2.14. The molecule has 0 radical (unpaired) electrons. The van der Waals surface area contributed by atoms with Crippen LogP contribution in [-0.4, -0.2) is 30.0 Å². The van der Waals surface area contributed by atoms with Gasteiger partial charge < -0.3 is 14.6 Å². The van der Waals surface area contributed by atoms with Crippen LogP contribution in [0.3, 0.4) is 0 Å². The topological polar surface area (TPSA) is 60.2 Å². The molecule has 20 heavy (non-hydrogen) atoms. The van der Waals surface area contributed by atoms with Gasteiger partial charge in [-0.1, -0.05) is 5.16 Å². The molecule has 3 rings (SSSR count). The fourth-order valence-electron chi connectivity index (χ4n) is 2.11. The zero-order valence-electron chi connectivity index (χ0n) is 10.9. The van der Waals surface area contributed by atoms with Crippen molar-refractivity contribution in [2.75, 3.05) is 13.7 Å². The number of alkyl halides is 1. The SMILES string of the molecule is COc1ccc(-c2noc([C@H]3C[C@H](F)CN3)n2)cc1.Cl. The normalized spacial score (nSPS) is 21.5. The third-order valence-electron chi connectivity index (χ3n) is 3.17. The third-order valence-corrected chi connectivity index (χ3v) is 3.17. The van der Waals surface area contributed by atoms with Gasteiger partial charge in [0, 0.05) is 18.5 Å². The van der Waals surface area contributed by atoms with Gasteiger partial charge in [0.15, 0.2) is 0 Å². The van der Waals surface area contributed by atoms with E-state index >= 15 is 0 Å². The highest BCUT2D eigenvalue weighted by atomic mass is 35.5. The molecule has 1 saturated heterocycles. The van der Waals surface area contributed by atoms with Crippen molar-refractivity contribution in [3.8, 4) is 17.1 Å². The Kier molecular flexibility index (Phi) is 4.57. The van der Waals surface area contributed by atoms with Crippen LogP contribution in [-0.2, 0) is 0 Å². The summed E-state index contributed by atoms with van der Waals surface area (Å²) in [7, 11) is 1.61. The maximum Gasteiger partial charge on any atom is 0.244 e. The van der Waals surface area contributed by atoms with E-state index in [1.54, 1.807) is 7.11 Å². The molecule has 2 aromatic rings. The summed E-state index contributed by atoms with van der Waals surface area (Å²) in [4.78, 5) is 4.30. The zero-order chi connectivity index (χ0) is 13.2. The fourth-order valence-corrected chi connectivity index (χ4v) is 2.11. The van der Waals surface area contributed by atoms with Crippen molar-refractivity contribution >= 4 is 12.4 Å². The highest BCUT2D eigenvalue weighted by Gasteiger charge is 2.29. The molecule has 5 nitrogen and oxygen atoms in total. The van der Waals surface area contributed by atoms with Crippen molar-refractivity contribution in [2.45, 2.75) is 18.6 Å². The van der Waals surface area contributed by atoms with Gasteiger partial charge >= 0.3 is 0 Å². The molecular weight excluding hydrogens is 285 g/mol. The molecule has 1 aliphatic rings. The molecule has 1 aromatic carbocycles. The maximum atomic E-state index is 13.1. The largest absolute Gasteiger partial charge is 0.497 e. The van der Waals surface area contributed by atoms with E-state index in [0.29, 0.717) is 24.7 Å². The van der Waals surface area contributed by atoms with Crippen LogP contribution in [0.5, 0.6) is 5.75 Å². The molecule has 0 aliphatic carbocycles. The molecule has 0 saturated carbocycles. The standard InChI is InChI=1S/C13H14FN3O2.ClH/c1-18-10-4-2-8(3-5-10)12-16-13(19-17-12)11-6-9(14)7-15-11;/h2-5,9,11,15H,6-7H2,1H3;1H/t9-,11+;/m0./s1. The molecule has 108 valence electrons. The summed E-state index contributed by atoms with van der Waals surface area (Å²) in [6.07, 6.45) is -0.467. The number of halogens is 2. The summed E-state index contributed by atoms with van der Waals surface area (Å²) in [5, 5.41) is 6.94. The molecule has 1 aromatic heterocycles. The predicted molar refractivity (Wildman–Crippen MR) is 73.8 cm³/mol. The summed E-state index contributed by atoms with van der Waals surface area (Å²) in [5.74, 6) is 1.71. The maximum absolute atomic E-state index is 13.1. The second-order valence-electron chi connectivity index (χ2n) is 4.48. The monoisotopic (exact) mass is 299 g/mol. The smallest absolute Gasteiger partial charge is 0.244 e. The van der Waals surface area contributed by atoms with Crippen LogP contribution in [0.4, 0.5) is 4.39 Å². The number of nitrogens with one attached hydrogen (secondary N) is 1. The number of methoxy groups -OCH3 is 1. The van der Waals surface area contributed by atoms with Crippen LogP contribution in [0.2, 0.25) is 0 Å². The van der Waals surface area contributed by atoms with E-state index in [9.17, 15) is 4.39 Å². The molecule has 1 aliphatic heterocycles. The van der Waals surface area contributed by atoms with Crippen LogP contribution >= 0.6 is 12.4 Å². The zero-order valence-corrected chi connectivity index (χ0v) is 11.7. The Hall–Kier alpha value is -1.66. The van der Waals surface area contributed by atoms with Crippen molar-refractivity contribution in [3.05, 3.63) is 30.2 Å². The quantitative estimate of drug-likeness (QED) is 0.944. The molecule has 2 heterocycles. The van der Waals surface area contributed by atoms with Gasteiger partial charge in [-0.25, -0.2) is 4.39 Å². The van der Waals surface area contributed by atoms with Crippen LogP contribution in [0.15, 0.2) is 28.8 Å². The van der Waals surface area contributed by atoms with Crippen LogP contribution in [0.25, 0.3) is 11.4 Å². The lowest BCUT2D eigenvalue weighted by Gasteiger charge is -2.01. The highest BCUT2D eigenvalue weighted by Crippen LogP contribution is 2.26. The molecular formula is C13H15ClFN3O2. The Labute approximate surface area is 121 Å². The lowest BCUT2D eigenvalue weighted by molar-refractivity contribution is 0.324. The second kappa shape index (κ2) is 6.19. The van der Waals surface area contributed by atoms with Gasteiger partial charge in [-0.3, -0.25) is 0 Å². The summed E-state index contributed by atoms with van der Waals surface area (Å²) in [6.45, 7) is 0.338. The first kappa shape index (κ1) is 14.7. The predicted octanol–water partition coefficient (Wildman–Crippen LogP) is 2.54. The van der Waals surface area contributed by atoms with E-state index in [1.807, 2.05) is 24.3 Å². The fraction of sp³-hybridized carbons (Fsp3) is 0.385. The van der Waals surface area contributed by atoms with Crippen molar-refractivity contribution < 1.29 is 13.7 Å². The molecule has 0 bridgehead atoms. The lowest BCUT2D eigenvalue weighted by atomic mass is 10.2. The van der Waals surface area contributed by atoms with Gasteiger partial charge in [-0.2, -0.15) is 4.98 Å². The van der Waals surface area contributed by atoms with Gasteiger partial charge in [0.2, 0.25) is 11.7 Å². The van der Waals surface area contributed by atoms with Crippen molar-refractivity contribution in [2.24, 2.45) is 0 Å². The summed E-state index contributed by atoms with van der Waals surface area (Å²) in [5.41, 5.74) is 0.839. The number of ether oxygens (including phenoxy) is 1. The Morgan fingerprint density at radius 1 is 1.35 bits per heavy atom. The van der Waals surface area contributed by atoms with Gasteiger partial charge in [-0.15, -0.1) is 12.4 Å². The van der Waals surface area contributed by atoms with E-state index in [0.717, 1.165) is 11.3 Å². The Bertz CT molecular complexity index is 561. The van der Waals surface area contributed by atoms with Crippen LogP contribution < -0.4 is 10.1 Å². The first-order valence-electron chi connectivity index (χ1n) is 6.12. The molecule has 0 unspecified atom stereocenters. The van der Waals surface area contributed by atoms with E-state index in [-0.39, 0.29) is 18.4 Å². The van der Waals surface area contributed by atoms with Crippen molar-refractivity contribution in [3.63, 3.8) is 0 Å². The molecule has 1 N–H and O–H groups in total. The Morgan fingerprint density at radius 3 is 2.70 bits per heavy atom. The van der Waals surface area contributed by atoms with E-state index in [1.165, 1.54) is 0 Å².